The first-order valence-corrected chi connectivity index (χ1v) is 8.63. The Morgan fingerprint density at radius 3 is 2.62 bits per heavy atom. The minimum absolute atomic E-state index is 0.204. The van der Waals surface area contributed by atoms with E-state index in [2.05, 4.69) is 27.1 Å². The van der Waals surface area contributed by atoms with Crippen molar-refractivity contribution in [3.05, 3.63) is 56.3 Å². The molecule has 1 aromatic heterocycles. The first kappa shape index (κ1) is 18.2. The van der Waals surface area contributed by atoms with Crippen LogP contribution >= 0.6 is 11.6 Å². The summed E-state index contributed by atoms with van der Waals surface area (Å²) in [5.74, 6) is -0.378. The summed E-state index contributed by atoms with van der Waals surface area (Å²) in [5, 5.41) is 3.33. The molecule has 2 aromatic rings. The predicted molar refractivity (Wildman–Crippen MR) is 101 cm³/mol. The van der Waals surface area contributed by atoms with Crippen LogP contribution in [0.2, 0.25) is 5.02 Å². The number of hydrogen-bond donors (Lipinski definition) is 2. The summed E-state index contributed by atoms with van der Waals surface area (Å²) in [5.41, 5.74) is 0.367. The van der Waals surface area contributed by atoms with Gasteiger partial charge in [0.15, 0.2) is 0 Å². The van der Waals surface area contributed by atoms with E-state index in [4.69, 9.17) is 11.6 Å². The molecular weight excluding hydrogens is 358 g/mol. The van der Waals surface area contributed by atoms with E-state index < -0.39 is 11.2 Å². The van der Waals surface area contributed by atoms with Crippen molar-refractivity contribution >= 4 is 28.9 Å². The van der Waals surface area contributed by atoms with Crippen LogP contribution in [0.1, 0.15) is 0 Å². The lowest BCUT2D eigenvalue weighted by Gasteiger charge is -2.35. The van der Waals surface area contributed by atoms with E-state index in [0.29, 0.717) is 10.7 Å². The van der Waals surface area contributed by atoms with E-state index in [1.807, 2.05) is 6.07 Å². The Hall–Kier alpha value is -2.58. The number of piperazine rings is 1. The van der Waals surface area contributed by atoms with Crippen molar-refractivity contribution in [3.63, 3.8) is 0 Å². The van der Waals surface area contributed by atoms with Crippen molar-refractivity contribution in [2.24, 2.45) is 0 Å². The largest absolute Gasteiger partial charge is 0.367 e. The number of amides is 1. The van der Waals surface area contributed by atoms with Crippen LogP contribution in [0.5, 0.6) is 0 Å². The molecule has 0 unspecified atom stereocenters. The van der Waals surface area contributed by atoms with E-state index in [0.717, 1.165) is 36.4 Å². The highest BCUT2D eigenvalue weighted by Gasteiger charge is 2.18. The number of rotatable bonds is 4. The van der Waals surface area contributed by atoms with Crippen LogP contribution < -0.4 is 21.5 Å². The molecule has 2 N–H and O–H groups in total. The number of nitrogens with one attached hydrogen (secondary N) is 2. The first-order valence-electron chi connectivity index (χ1n) is 8.25. The minimum atomic E-state index is -0.627. The summed E-state index contributed by atoms with van der Waals surface area (Å²) < 4.78 is 1.14. The zero-order chi connectivity index (χ0) is 18.7. The van der Waals surface area contributed by atoms with Crippen LogP contribution in [0.4, 0.5) is 11.4 Å². The zero-order valence-corrected chi connectivity index (χ0v) is 15.1. The van der Waals surface area contributed by atoms with Crippen LogP contribution in [0.3, 0.4) is 0 Å². The van der Waals surface area contributed by atoms with E-state index in [9.17, 15) is 14.4 Å². The summed E-state index contributed by atoms with van der Waals surface area (Å²) in [6.07, 6.45) is 1.29. The maximum Gasteiger partial charge on any atom is 0.328 e. The molecule has 2 heterocycles. The van der Waals surface area contributed by atoms with Gasteiger partial charge in [0.2, 0.25) is 5.91 Å². The molecule has 0 radical (unpaired) electrons. The second-order valence-electron chi connectivity index (χ2n) is 6.24. The van der Waals surface area contributed by atoms with Gasteiger partial charge in [-0.05, 0) is 25.2 Å². The topological polar surface area (TPSA) is 90.4 Å². The molecule has 1 aromatic carbocycles. The van der Waals surface area contributed by atoms with Gasteiger partial charge in [0.1, 0.15) is 6.54 Å². The summed E-state index contributed by atoms with van der Waals surface area (Å²) in [7, 11) is 2.07. The van der Waals surface area contributed by atoms with Crippen LogP contribution in [-0.2, 0) is 11.3 Å². The molecule has 0 atom stereocenters. The van der Waals surface area contributed by atoms with E-state index >= 15 is 0 Å². The Kier molecular flexibility index (Phi) is 5.43. The Balaban J connectivity index is 1.78. The third-order valence-corrected chi connectivity index (χ3v) is 4.52. The summed E-state index contributed by atoms with van der Waals surface area (Å²) in [4.78, 5) is 41.8. The van der Waals surface area contributed by atoms with Gasteiger partial charge in [-0.2, -0.15) is 0 Å². The normalized spacial score (nSPS) is 15.1. The number of carbonyl (C=O) groups excluding carboxylic acids is 1. The molecule has 3 rings (SSSR count). The predicted octanol–water partition coefficient (Wildman–Crippen LogP) is 0.580. The second-order valence-corrected chi connectivity index (χ2v) is 6.67. The van der Waals surface area contributed by atoms with Crippen molar-refractivity contribution in [3.8, 4) is 0 Å². The number of aromatic nitrogens is 2. The van der Waals surface area contributed by atoms with Crippen LogP contribution in [0.25, 0.3) is 0 Å². The molecule has 138 valence electrons. The van der Waals surface area contributed by atoms with E-state index in [1.54, 1.807) is 12.1 Å². The highest BCUT2D eigenvalue weighted by molar-refractivity contribution is 6.31. The third kappa shape index (κ3) is 4.33. The van der Waals surface area contributed by atoms with Crippen molar-refractivity contribution < 1.29 is 4.79 Å². The second kappa shape index (κ2) is 7.76. The summed E-state index contributed by atoms with van der Waals surface area (Å²) in [6.45, 7) is 3.36. The maximum atomic E-state index is 12.4. The first-order chi connectivity index (χ1) is 12.4. The van der Waals surface area contributed by atoms with E-state index in [1.165, 1.54) is 12.3 Å². The Morgan fingerprint density at radius 1 is 1.19 bits per heavy atom. The van der Waals surface area contributed by atoms with Gasteiger partial charge in [-0.3, -0.25) is 19.1 Å². The SMILES string of the molecule is CN1CCN(c2ccc(Cl)cc2NC(=O)Cn2ccc(=O)[nH]c2=O)CC1. The smallest absolute Gasteiger partial charge is 0.328 e. The van der Waals surface area contributed by atoms with Gasteiger partial charge >= 0.3 is 5.69 Å². The minimum Gasteiger partial charge on any atom is -0.367 e. The molecule has 1 aliphatic heterocycles. The Labute approximate surface area is 155 Å². The molecule has 1 amide bonds. The zero-order valence-electron chi connectivity index (χ0n) is 14.4. The summed E-state index contributed by atoms with van der Waals surface area (Å²) in [6, 6.07) is 6.57. The number of H-pyrrole nitrogens is 1. The molecule has 8 nitrogen and oxygen atoms in total. The van der Waals surface area contributed by atoms with Gasteiger partial charge in [0.25, 0.3) is 5.56 Å². The molecule has 0 spiro atoms. The molecule has 0 bridgehead atoms. The standard InChI is InChI=1S/C17H20ClN5O3/c1-21-6-8-22(9-7-21)14-3-2-12(18)10-13(14)19-16(25)11-23-5-4-15(24)20-17(23)26/h2-5,10H,6-9,11H2,1H3,(H,19,25)(H,20,24,26). The molecule has 0 aliphatic carbocycles. The lowest BCUT2D eigenvalue weighted by molar-refractivity contribution is -0.116. The molecule has 1 aliphatic rings. The number of halogens is 1. The fraction of sp³-hybridized carbons (Fsp3) is 0.353. The number of likely N-dealkylation sites (N-methyl/N-ethyl adjacent to an activating group) is 1. The Morgan fingerprint density at radius 2 is 1.92 bits per heavy atom. The van der Waals surface area contributed by atoms with Gasteiger partial charge < -0.3 is 15.1 Å². The number of nitrogens with zero attached hydrogens (tertiary/aromatic N) is 3. The number of aromatic amines is 1. The van der Waals surface area contributed by atoms with Gasteiger partial charge in [-0.15, -0.1) is 0 Å². The molecule has 9 heteroatoms. The summed E-state index contributed by atoms with van der Waals surface area (Å²) >= 11 is 6.09. The molecule has 26 heavy (non-hydrogen) atoms. The lowest BCUT2D eigenvalue weighted by Crippen LogP contribution is -2.44. The lowest BCUT2D eigenvalue weighted by atomic mass is 10.2. The monoisotopic (exact) mass is 377 g/mol. The van der Waals surface area contributed by atoms with Crippen molar-refractivity contribution in [2.75, 3.05) is 43.4 Å². The van der Waals surface area contributed by atoms with Crippen molar-refractivity contribution in [2.45, 2.75) is 6.54 Å². The molecule has 0 saturated carbocycles. The van der Waals surface area contributed by atoms with Gasteiger partial charge in [0.05, 0.1) is 11.4 Å². The highest BCUT2D eigenvalue weighted by atomic mass is 35.5. The fourth-order valence-corrected chi connectivity index (χ4v) is 3.02. The number of anilines is 2. The molecular formula is C17H20ClN5O3. The molecule has 1 saturated heterocycles. The number of benzene rings is 1. The third-order valence-electron chi connectivity index (χ3n) is 4.29. The quantitative estimate of drug-likeness (QED) is 0.813. The van der Waals surface area contributed by atoms with Gasteiger partial charge in [-0.1, -0.05) is 11.6 Å². The van der Waals surface area contributed by atoms with Gasteiger partial charge in [0, 0.05) is 43.5 Å². The van der Waals surface area contributed by atoms with Crippen LogP contribution in [0, 0.1) is 0 Å². The Bertz CT molecular complexity index is 915. The van der Waals surface area contributed by atoms with Gasteiger partial charge in [-0.25, -0.2) is 4.79 Å². The average Bonchev–Trinajstić information content (AvgIpc) is 2.59. The maximum absolute atomic E-state index is 12.4. The average molecular weight is 378 g/mol. The molecule has 1 fully saturated rings. The van der Waals surface area contributed by atoms with Crippen LogP contribution in [0.15, 0.2) is 40.1 Å². The van der Waals surface area contributed by atoms with Crippen molar-refractivity contribution in [1.29, 1.82) is 0 Å². The van der Waals surface area contributed by atoms with Crippen molar-refractivity contribution in [1.82, 2.24) is 14.5 Å². The highest BCUT2D eigenvalue weighted by Crippen LogP contribution is 2.30. The fourth-order valence-electron chi connectivity index (χ4n) is 2.84. The number of carbonyl (C=O) groups is 1. The van der Waals surface area contributed by atoms with E-state index in [-0.39, 0.29) is 12.5 Å². The number of hydrogen-bond acceptors (Lipinski definition) is 5. The van der Waals surface area contributed by atoms with Crippen LogP contribution in [-0.4, -0.2) is 53.6 Å².